The molecule has 1 aliphatic carbocycles. The van der Waals surface area contributed by atoms with Gasteiger partial charge in [0.05, 0.1) is 0 Å². The van der Waals surface area contributed by atoms with Crippen molar-refractivity contribution in [2.45, 2.75) is 45.1 Å². The topological polar surface area (TPSA) is 46.2 Å². The van der Waals surface area contributed by atoms with Crippen LogP contribution < -0.4 is 5.32 Å². The van der Waals surface area contributed by atoms with Crippen LogP contribution in [0.15, 0.2) is 0 Å². The molecule has 4 heteroatoms. The van der Waals surface area contributed by atoms with Crippen molar-refractivity contribution in [1.29, 1.82) is 0 Å². The summed E-state index contributed by atoms with van der Waals surface area (Å²) in [6, 6.07) is 0.593. The van der Waals surface area contributed by atoms with E-state index in [1.807, 2.05) is 7.05 Å². The van der Waals surface area contributed by atoms with Gasteiger partial charge in [0.25, 0.3) is 0 Å². The van der Waals surface area contributed by atoms with Crippen molar-refractivity contribution < 1.29 is 8.42 Å². The Morgan fingerprint density at radius 3 is 2.56 bits per heavy atom. The maximum Gasteiger partial charge on any atom is 0.147 e. The van der Waals surface area contributed by atoms with Crippen LogP contribution in [-0.2, 0) is 9.84 Å². The van der Waals surface area contributed by atoms with Gasteiger partial charge in [-0.2, -0.15) is 0 Å². The Morgan fingerprint density at radius 1 is 1.31 bits per heavy atom. The van der Waals surface area contributed by atoms with E-state index in [1.165, 1.54) is 25.5 Å². The standard InChI is InChI=1S/C12H25NO2S/c1-10-6-7-12(13-2)11(9-10)5-4-8-16(3,14)15/h10-13H,4-9H2,1-3H3. The number of sulfone groups is 1. The Bertz CT molecular complexity index is 300. The Kier molecular flexibility index (Phi) is 5.25. The first-order chi connectivity index (χ1) is 7.42. The number of hydrogen-bond donors (Lipinski definition) is 1. The molecule has 0 aromatic carbocycles. The third-order valence-electron chi connectivity index (χ3n) is 3.71. The molecule has 0 aromatic heterocycles. The zero-order valence-corrected chi connectivity index (χ0v) is 11.5. The van der Waals surface area contributed by atoms with Gasteiger partial charge in [-0.25, -0.2) is 8.42 Å². The number of hydrogen-bond acceptors (Lipinski definition) is 3. The minimum Gasteiger partial charge on any atom is -0.317 e. The zero-order chi connectivity index (χ0) is 12.2. The van der Waals surface area contributed by atoms with Crippen LogP contribution in [0, 0.1) is 11.8 Å². The first-order valence-electron chi connectivity index (χ1n) is 6.27. The summed E-state index contributed by atoms with van der Waals surface area (Å²) in [5.41, 5.74) is 0. The average Bonchev–Trinajstić information content (AvgIpc) is 2.16. The third-order valence-corrected chi connectivity index (χ3v) is 4.74. The summed E-state index contributed by atoms with van der Waals surface area (Å²) in [6.45, 7) is 2.30. The van der Waals surface area contributed by atoms with Gasteiger partial charge in [0, 0.05) is 18.1 Å². The molecule has 0 heterocycles. The van der Waals surface area contributed by atoms with Crippen LogP contribution in [0.3, 0.4) is 0 Å². The molecule has 96 valence electrons. The fraction of sp³-hybridized carbons (Fsp3) is 1.00. The van der Waals surface area contributed by atoms with E-state index in [0.717, 1.165) is 18.8 Å². The molecule has 1 N–H and O–H groups in total. The van der Waals surface area contributed by atoms with Crippen LogP contribution in [0.5, 0.6) is 0 Å². The molecule has 3 unspecified atom stereocenters. The predicted octanol–water partition coefficient (Wildman–Crippen LogP) is 1.84. The molecular weight excluding hydrogens is 222 g/mol. The van der Waals surface area contributed by atoms with Gasteiger partial charge in [0.2, 0.25) is 0 Å². The van der Waals surface area contributed by atoms with Gasteiger partial charge >= 0.3 is 0 Å². The van der Waals surface area contributed by atoms with Crippen LogP contribution >= 0.6 is 0 Å². The SMILES string of the molecule is CNC1CCC(C)CC1CCCS(C)(=O)=O. The quantitative estimate of drug-likeness (QED) is 0.806. The van der Waals surface area contributed by atoms with Crippen LogP contribution in [0.2, 0.25) is 0 Å². The molecule has 0 spiro atoms. The lowest BCUT2D eigenvalue weighted by Gasteiger charge is -2.34. The molecule has 1 saturated carbocycles. The average molecular weight is 247 g/mol. The molecule has 1 aliphatic rings. The summed E-state index contributed by atoms with van der Waals surface area (Å²) in [6.07, 6.45) is 6.97. The van der Waals surface area contributed by atoms with E-state index in [9.17, 15) is 8.42 Å². The molecule has 1 fully saturated rings. The summed E-state index contributed by atoms with van der Waals surface area (Å²) in [4.78, 5) is 0. The molecule has 0 aromatic rings. The van der Waals surface area contributed by atoms with Gasteiger partial charge in [-0.05, 0) is 51.0 Å². The fourth-order valence-electron chi connectivity index (χ4n) is 2.81. The number of rotatable bonds is 5. The minimum atomic E-state index is -2.78. The molecule has 16 heavy (non-hydrogen) atoms. The van der Waals surface area contributed by atoms with Crippen molar-refractivity contribution in [3.05, 3.63) is 0 Å². The smallest absolute Gasteiger partial charge is 0.147 e. The second kappa shape index (κ2) is 6.01. The van der Waals surface area contributed by atoms with E-state index >= 15 is 0 Å². The van der Waals surface area contributed by atoms with Gasteiger partial charge in [-0.1, -0.05) is 6.92 Å². The Labute approximate surface area is 99.9 Å². The van der Waals surface area contributed by atoms with E-state index in [4.69, 9.17) is 0 Å². The first-order valence-corrected chi connectivity index (χ1v) is 8.33. The van der Waals surface area contributed by atoms with Crippen molar-refractivity contribution >= 4 is 9.84 Å². The Hall–Kier alpha value is -0.0900. The molecule has 1 rings (SSSR count). The summed E-state index contributed by atoms with van der Waals surface area (Å²) >= 11 is 0. The van der Waals surface area contributed by atoms with Gasteiger partial charge in [0.15, 0.2) is 0 Å². The van der Waals surface area contributed by atoms with E-state index < -0.39 is 9.84 Å². The van der Waals surface area contributed by atoms with Gasteiger partial charge in [-0.3, -0.25) is 0 Å². The summed E-state index contributed by atoms with van der Waals surface area (Å²) in [5.74, 6) is 1.80. The molecule has 0 radical (unpaired) electrons. The molecule has 0 bridgehead atoms. The molecule has 0 aliphatic heterocycles. The predicted molar refractivity (Wildman–Crippen MR) is 68.3 cm³/mol. The lowest BCUT2D eigenvalue weighted by molar-refractivity contribution is 0.209. The normalized spacial score (nSPS) is 31.6. The second-order valence-electron chi connectivity index (χ2n) is 5.35. The van der Waals surface area contributed by atoms with Gasteiger partial charge in [-0.15, -0.1) is 0 Å². The molecule has 0 amide bonds. The lowest BCUT2D eigenvalue weighted by Crippen LogP contribution is -2.38. The van der Waals surface area contributed by atoms with Crippen molar-refractivity contribution in [3.63, 3.8) is 0 Å². The van der Waals surface area contributed by atoms with Gasteiger partial charge in [0.1, 0.15) is 9.84 Å². The summed E-state index contributed by atoms with van der Waals surface area (Å²) in [7, 11) is -0.765. The first kappa shape index (κ1) is 14.0. The lowest BCUT2D eigenvalue weighted by atomic mass is 9.77. The molecule has 3 nitrogen and oxygen atoms in total. The molecule has 3 atom stereocenters. The minimum absolute atomic E-state index is 0.342. The number of nitrogens with one attached hydrogen (secondary N) is 1. The highest BCUT2D eigenvalue weighted by molar-refractivity contribution is 7.90. The fourth-order valence-corrected chi connectivity index (χ4v) is 3.50. The highest BCUT2D eigenvalue weighted by Gasteiger charge is 2.27. The van der Waals surface area contributed by atoms with E-state index in [2.05, 4.69) is 12.2 Å². The highest BCUT2D eigenvalue weighted by Crippen LogP contribution is 2.31. The van der Waals surface area contributed by atoms with Crippen molar-refractivity contribution in [3.8, 4) is 0 Å². The Morgan fingerprint density at radius 2 is 2.00 bits per heavy atom. The molecular formula is C12H25NO2S. The van der Waals surface area contributed by atoms with Crippen molar-refractivity contribution in [2.24, 2.45) is 11.8 Å². The van der Waals surface area contributed by atoms with E-state index in [-0.39, 0.29) is 0 Å². The van der Waals surface area contributed by atoms with E-state index in [1.54, 1.807) is 0 Å². The maximum atomic E-state index is 11.1. The van der Waals surface area contributed by atoms with Crippen molar-refractivity contribution in [2.75, 3.05) is 19.1 Å². The second-order valence-corrected chi connectivity index (χ2v) is 7.61. The van der Waals surface area contributed by atoms with E-state index in [0.29, 0.717) is 17.7 Å². The zero-order valence-electron chi connectivity index (χ0n) is 10.7. The van der Waals surface area contributed by atoms with Gasteiger partial charge < -0.3 is 5.32 Å². The van der Waals surface area contributed by atoms with Crippen molar-refractivity contribution in [1.82, 2.24) is 5.32 Å². The Balaban J connectivity index is 2.37. The van der Waals surface area contributed by atoms with Crippen LogP contribution in [-0.4, -0.2) is 33.5 Å². The van der Waals surface area contributed by atoms with Crippen LogP contribution in [0.4, 0.5) is 0 Å². The largest absolute Gasteiger partial charge is 0.317 e. The monoisotopic (exact) mass is 247 g/mol. The summed E-state index contributed by atoms with van der Waals surface area (Å²) in [5, 5.41) is 3.37. The molecule has 0 saturated heterocycles. The van der Waals surface area contributed by atoms with Crippen LogP contribution in [0.1, 0.15) is 39.0 Å². The maximum absolute atomic E-state index is 11.1. The third kappa shape index (κ3) is 4.83. The van der Waals surface area contributed by atoms with Crippen LogP contribution in [0.25, 0.3) is 0 Å². The highest BCUT2D eigenvalue weighted by atomic mass is 32.2. The summed E-state index contributed by atoms with van der Waals surface area (Å²) < 4.78 is 22.1.